The summed E-state index contributed by atoms with van der Waals surface area (Å²) in [4.78, 5) is 6.59. The second-order valence-corrected chi connectivity index (χ2v) is 4.21. The molecule has 1 heterocycles. The van der Waals surface area contributed by atoms with E-state index in [1.165, 1.54) is 5.69 Å². The number of hydrogen-bond acceptors (Lipinski definition) is 4. The molecule has 17 heavy (non-hydrogen) atoms. The standard InChI is InChI=1S/C13H23N3O/c1-5-14-13-10-12(6-7-15-13)16(11(2)3)8-9-17-4/h6-7,10-11H,5,8-9H2,1-4H3,(H,14,15). The Kier molecular flexibility index (Phi) is 5.77. The lowest BCUT2D eigenvalue weighted by Gasteiger charge is -2.29. The van der Waals surface area contributed by atoms with Crippen LogP contribution in [0, 0.1) is 0 Å². The molecule has 0 unspecified atom stereocenters. The molecule has 1 aromatic rings. The molecule has 0 amide bonds. The molecule has 1 N–H and O–H groups in total. The molecule has 0 bridgehead atoms. The number of methoxy groups -OCH3 is 1. The molecule has 0 radical (unpaired) electrons. The molecular formula is C13H23N3O. The van der Waals surface area contributed by atoms with Crippen molar-refractivity contribution < 1.29 is 4.74 Å². The van der Waals surface area contributed by atoms with Crippen molar-refractivity contribution in [1.29, 1.82) is 0 Å². The van der Waals surface area contributed by atoms with Crippen LogP contribution in [0.2, 0.25) is 0 Å². The summed E-state index contributed by atoms with van der Waals surface area (Å²) < 4.78 is 5.15. The summed E-state index contributed by atoms with van der Waals surface area (Å²) in [5, 5.41) is 3.23. The zero-order valence-corrected chi connectivity index (χ0v) is 11.2. The molecule has 96 valence electrons. The molecule has 4 heteroatoms. The topological polar surface area (TPSA) is 37.4 Å². The van der Waals surface area contributed by atoms with Crippen LogP contribution in [0.15, 0.2) is 18.3 Å². The Labute approximate surface area is 104 Å². The normalized spacial score (nSPS) is 10.6. The van der Waals surface area contributed by atoms with Gasteiger partial charge >= 0.3 is 0 Å². The quantitative estimate of drug-likeness (QED) is 0.790. The minimum atomic E-state index is 0.446. The highest BCUT2D eigenvalue weighted by Gasteiger charge is 2.10. The fourth-order valence-corrected chi connectivity index (χ4v) is 1.75. The maximum Gasteiger partial charge on any atom is 0.127 e. The van der Waals surface area contributed by atoms with Crippen molar-refractivity contribution in [3.8, 4) is 0 Å². The van der Waals surface area contributed by atoms with E-state index < -0.39 is 0 Å². The van der Waals surface area contributed by atoms with E-state index >= 15 is 0 Å². The van der Waals surface area contributed by atoms with E-state index in [-0.39, 0.29) is 0 Å². The Bertz CT molecular complexity index is 328. The number of pyridine rings is 1. The minimum Gasteiger partial charge on any atom is -0.383 e. The Morgan fingerprint density at radius 1 is 1.47 bits per heavy atom. The zero-order chi connectivity index (χ0) is 12.7. The molecule has 0 atom stereocenters. The first-order chi connectivity index (χ1) is 8.19. The summed E-state index contributed by atoms with van der Waals surface area (Å²) >= 11 is 0. The van der Waals surface area contributed by atoms with Gasteiger partial charge in [0.1, 0.15) is 5.82 Å². The van der Waals surface area contributed by atoms with Crippen molar-refractivity contribution in [2.75, 3.05) is 37.0 Å². The number of nitrogens with zero attached hydrogens (tertiary/aromatic N) is 2. The zero-order valence-electron chi connectivity index (χ0n) is 11.2. The number of ether oxygens (including phenoxy) is 1. The van der Waals surface area contributed by atoms with Gasteiger partial charge in [-0.05, 0) is 26.8 Å². The smallest absolute Gasteiger partial charge is 0.127 e. The van der Waals surface area contributed by atoms with Crippen LogP contribution in [-0.2, 0) is 4.74 Å². The van der Waals surface area contributed by atoms with E-state index in [4.69, 9.17) is 4.74 Å². The molecule has 0 spiro atoms. The van der Waals surface area contributed by atoms with E-state index in [1.54, 1.807) is 7.11 Å². The maximum absolute atomic E-state index is 5.15. The first-order valence-corrected chi connectivity index (χ1v) is 6.14. The number of anilines is 2. The predicted molar refractivity (Wildman–Crippen MR) is 72.8 cm³/mol. The minimum absolute atomic E-state index is 0.446. The Hall–Kier alpha value is -1.29. The van der Waals surface area contributed by atoms with Gasteiger partial charge in [0.25, 0.3) is 0 Å². The first-order valence-electron chi connectivity index (χ1n) is 6.14. The van der Waals surface area contributed by atoms with Crippen LogP contribution in [0.4, 0.5) is 11.5 Å². The van der Waals surface area contributed by atoms with E-state index in [9.17, 15) is 0 Å². The Balaban J connectivity index is 2.81. The summed E-state index contributed by atoms with van der Waals surface area (Å²) in [6, 6.07) is 4.57. The molecule has 0 fully saturated rings. The van der Waals surface area contributed by atoms with E-state index in [0.717, 1.165) is 25.5 Å². The van der Waals surface area contributed by atoms with Crippen LogP contribution in [0.5, 0.6) is 0 Å². The fraction of sp³-hybridized carbons (Fsp3) is 0.615. The van der Waals surface area contributed by atoms with Gasteiger partial charge in [-0.3, -0.25) is 0 Å². The number of rotatable bonds is 7. The van der Waals surface area contributed by atoms with Crippen LogP contribution in [-0.4, -0.2) is 37.8 Å². The first kappa shape index (κ1) is 13.8. The average Bonchev–Trinajstić information content (AvgIpc) is 2.30. The lowest BCUT2D eigenvalue weighted by molar-refractivity contribution is 0.204. The van der Waals surface area contributed by atoms with E-state index in [1.807, 2.05) is 12.3 Å². The number of aromatic nitrogens is 1. The number of hydrogen-bond donors (Lipinski definition) is 1. The van der Waals surface area contributed by atoms with Gasteiger partial charge in [-0.1, -0.05) is 0 Å². The van der Waals surface area contributed by atoms with Crippen molar-refractivity contribution in [3.05, 3.63) is 18.3 Å². The molecular weight excluding hydrogens is 214 g/mol. The summed E-state index contributed by atoms with van der Waals surface area (Å²) in [5.74, 6) is 0.924. The highest BCUT2D eigenvalue weighted by molar-refractivity contribution is 5.54. The van der Waals surface area contributed by atoms with Gasteiger partial charge in [0, 0.05) is 44.2 Å². The number of nitrogens with one attached hydrogen (secondary N) is 1. The highest BCUT2D eigenvalue weighted by atomic mass is 16.5. The Morgan fingerprint density at radius 3 is 2.82 bits per heavy atom. The van der Waals surface area contributed by atoms with Crippen molar-refractivity contribution in [2.24, 2.45) is 0 Å². The third kappa shape index (κ3) is 4.23. The van der Waals surface area contributed by atoms with Crippen LogP contribution in [0.25, 0.3) is 0 Å². The average molecular weight is 237 g/mol. The summed E-state index contributed by atoms with van der Waals surface area (Å²) in [6.45, 7) is 8.95. The summed E-state index contributed by atoms with van der Waals surface area (Å²) in [7, 11) is 1.73. The third-order valence-electron chi connectivity index (χ3n) is 2.59. The van der Waals surface area contributed by atoms with Gasteiger partial charge < -0.3 is 15.0 Å². The lowest BCUT2D eigenvalue weighted by Crippen LogP contribution is -2.33. The molecule has 0 aliphatic rings. The second-order valence-electron chi connectivity index (χ2n) is 4.21. The van der Waals surface area contributed by atoms with Crippen LogP contribution in [0.3, 0.4) is 0 Å². The molecule has 0 saturated heterocycles. The van der Waals surface area contributed by atoms with Crippen molar-refractivity contribution in [1.82, 2.24) is 4.98 Å². The third-order valence-corrected chi connectivity index (χ3v) is 2.59. The largest absolute Gasteiger partial charge is 0.383 e. The van der Waals surface area contributed by atoms with Gasteiger partial charge in [0.05, 0.1) is 6.61 Å². The molecule has 1 aromatic heterocycles. The molecule has 0 aliphatic heterocycles. The van der Waals surface area contributed by atoms with Crippen molar-refractivity contribution >= 4 is 11.5 Å². The maximum atomic E-state index is 5.15. The molecule has 4 nitrogen and oxygen atoms in total. The van der Waals surface area contributed by atoms with E-state index in [0.29, 0.717) is 6.04 Å². The van der Waals surface area contributed by atoms with Crippen molar-refractivity contribution in [3.63, 3.8) is 0 Å². The Morgan fingerprint density at radius 2 is 2.24 bits per heavy atom. The van der Waals surface area contributed by atoms with Gasteiger partial charge in [-0.15, -0.1) is 0 Å². The van der Waals surface area contributed by atoms with Crippen LogP contribution >= 0.6 is 0 Å². The lowest BCUT2D eigenvalue weighted by atomic mass is 10.2. The van der Waals surface area contributed by atoms with Crippen molar-refractivity contribution in [2.45, 2.75) is 26.8 Å². The highest BCUT2D eigenvalue weighted by Crippen LogP contribution is 2.19. The van der Waals surface area contributed by atoms with Gasteiger partial charge in [-0.25, -0.2) is 4.98 Å². The molecule has 0 saturated carbocycles. The summed E-state index contributed by atoms with van der Waals surface area (Å²) in [5.41, 5.74) is 1.18. The van der Waals surface area contributed by atoms with Crippen LogP contribution < -0.4 is 10.2 Å². The fourth-order valence-electron chi connectivity index (χ4n) is 1.75. The van der Waals surface area contributed by atoms with Gasteiger partial charge in [0.2, 0.25) is 0 Å². The monoisotopic (exact) mass is 237 g/mol. The van der Waals surface area contributed by atoms with Gasteiger partial charge in [0.15, 0.2) is 0 Å². The summed E-state index contributed by atoms with van der Waals surface area (Å²) in [6.07, 6.45) is 1.84. The SMILES string of the molecule is CCNc1cc(N(CCOC)C(C)C)ccn1. The predicted octanol–water partition coefficient (Wildman–Crippen LogP) is 2.37. The second kappa shape index (κ2) is 7.12. The molecule has 0 aromatic carbocycles. The van der Waals surface area contributed by atoms with Crippen LogP contribution in [0.1, 0.15) is 20.8 Å². The molecule has 1 rings (SSSR count). The van der Waals surface area contributed by atoms with E-state index in [2.05, 4.69) is 42.0 Å². The molecule has 0 aliphatic carbocycles. The van der Waals surface area contributed by atoms with Gasteiger partial charge in [-0.2, -0.15) is 0 Å².